The van der Waals surface area contributed by atoms with Gasteiger partial charge in [-0.05, 0) is 43.5 Å². The van der Waals surface area contributed by atoms with Gasteiger partial charge in [0, 0.05) is 36.6 Å². The number of ketones is 1. The molecule has 3 rings (SSSR count). The fraction of sp³-hybridized carbons (Fsp3) is 0.444. The van der Waals surface area contributed by atoms with Crippen LogP contribution in [-0.2, 0) is 11.2 Å². The molecule has 1 saturated carbocycles. The molecule has 0 saturated heterocycles. The Balaban J connectivity index is 1.51. The van der Waals surface area contributed by atoms with Crippen LogP contribution < -0.4 is 5.73 Å². The Labute approximate surface area is 155 Å². The summed E-state index contributed by atoms with van der Waals surface area (Å²) in [6, 6.07) is 6.04. The van der Waals surface area contributed by atoms with Crippen molar-refractivity contribution >= 4 is 23.5 Å². The molecule has 1 aliphatic carbocycles. The number of primary amides is 1. The molecule has 1 aromatic carbocycles. The van der Waals surface area contributed by atoms with Crippen molar-refractivity contribution in [3.63, 3.8) is 0 Å². The van der Waals surface area contributed by atoms with E-state index in [2.05, 4.69) is 14.8 Å². The first kappa shape index (κ1) is 18.6. The predicted molar refractivity (Wildman–Crippen MR) is 96.5 cm³/mol. The first-order valence-corrected chi connectivity index (χ1v) is 9.67. The number of nitrogens with zero attached hydrogens (tertiary/aromatic N) is 3. The largest absolute Gasteiger partial charge is 0.370 e. The highest BCUT2D eigenvalue weighted by Gasteiger charge is 2.29. The Morgan fingerprint density at radius 2 is 1.92 bits per heavy atom. The van der Waals surface area contributed by atoms with Gasteiger partial charge in [-0.2, -0.15) is 0 Å². The van der Waals surface area contributed by atoms with Crippen molar-refractivity contribution in [3.05, 3.63) is 41.5 Å². The number of aryl methyl sites for hydroxylation is 1. The van der Waals surface area contributed by atoms with E-state index in [-0.39, 0.29) is 23.9 Å². The number of thioether (sulfide) groups is 1. The summed E-state index contributed by atoms with van der Waals surface area (Å²) in [7, 11) is 0. The summed E-state index contributed by atoms with van der Waals surface area (Å²) in [4.78, 5) is 23.1. The Kier molecular flexibility index (Phi) is 6.03. The monoisotopic (exact) mass is 376 g/mol. The molecular formula is C18H21FN4O2S. The highest BCUT2D eigenvalue weighted by molar-refractivity contribution is 7.99. The summed E-state index contributed by atoms with van der Waals surface area (Å²) in [6.45, 7) is 0. The lowest BCUT2D eigenvalue weighted by Gasteiger charge is -2.08. The Morgan fingerprint density at radius 3 is 2.58 bits per heavy atom. The van der Waals surface area contributed by atoms with Crippen molar-refractivity contribution in [2.75, 3.05) is 5.75 Å². The summed E-state index contributed by atoms with van der Waals surface area (Å²) < 4.78 is 15.0. The number of amides is 1. The molecule has 0 spiro atoms. The van der Waals surface area contributed by atoms with Crippen LogP contribution in [0.15, 0.2) is 29.4 Å². The number of benzene rings is 1. The zero-order valence-corrected chi connectivity index (χ0v) is 15.2. The highest BCUT2D eigenvalue weighted by Crippen LogP contribution is 2.39. The van der Waals surface area contributed by atoms with E-state index in [1.165, 1.54) is 24.3 Å². The van der Waals surface area contributed by atoms with E-state index in [1.54, 1.807) is 11.8 Å². The van der Waals surface area contributed by atoms with Crippen LogP contribution in [0.3, 0.4) is 0 Å². The zero-order valence-electron chi connectivity index (χ0n) is 14.4. The number of hydrogen-bond acceptors (Lipinski definition) is 5. The summed E-state index contributed by atoms with van der Waals surface area (Å²) in [5.41, 5.74) is 5.75. The molecule has 2 aromatic rings. The molecule has 6 nitrogen and oxygen atoms in total. The molecular weight excluding hydrogens is 355 g/mol. The molecule has 1 aromatic heterocycles. The molecule has 1 aliphatic rings. The highest BCUT2D eigenvalue weighted by atomic mass is 32.2. The lowest BCUT2D eigenvalue weighted by Crippen LogP contribution is -2.13. The lowest BCUT2D eigenvalue weighted by atomic mass is 10.1. The quantitative estimate of drug-likeness (QED) is 0.391. The Bertz CT molecular complexity index is 787. The van der Waals surface area contributed by atoms with E-state index >= 15 is 0 Å². The Hall–Kier alpha value is -2.22. The average Bonchev–Trinajstić information content (AvgIpc) is 3.38. The van der Waals surface area contributed by atoms with E-state index in [4.69, 9.17) is 5.73 Å². The second kappa shape index (κ2) is 8.44. The molecule has 138 valence electrons. The third-order valence-corrected chi connectivity index (χ3v) is 5.22. The maximum absolute atomic E-state index is 12.9. The van der Waals surface area contributed by atoms with Gasteiger partial charge in [-0.1, -0.05) is 11.8 Å². The summed E-state index contributed by atoms with van der Waals surface area (Å²) in [6.07, 6.45) is 4.07. The molecule has 2 N–H and O–H groups in total. The minimum Gasteiger partial charge on any atom is -0.370 e. The van der Waals surface area contributed by atoms with E-state index in [1.807, 2.05) is 0 Å². The van der Waals surface area contributed by atoms with E-state index < -0.39 is 0 Å². The number of carbonyl (C=O) groups excluding carboxylic acids is 2. The molecule has 0 unspecified atom stereocenters. The SMILES string of the molecule is NC(=O)CCc1nnc(SCCCC(=O)c2ccc(F)cc2)n1C1CC1. The molecule has 0 bridgehead atoms. The second-order valence-corrected chi connectivity index (χ2v) is 7.41. The van der Waals surface area contributed by atoms with Crippen LogP contribution in [0.4, 0.5) is 4.39 Å². The van der Waals surface area contributed by atoms with Gasteiger partial charge in [-0.25, -0.2) is 4.39 Å². The van der Waals surface area contributed by atoms with Crippen LogP contribution in [-0.4, -0.2) is 32.2 Å². The van der Waals surface area contributed by atoms with Crippen molar-refractivity contribution in [2.45, 2.75) is 49.7 Å². The number of Topliss-reactive ketones (excluding diaryl/α,β-unsaturated/α-hetero) is 1. The summed E-state index contributed by atoms with van der Waals surface area (Å²) >= 11 is 1.57. The molecule has 1 amide bonds. The summed E-state index contributed by atoms with van der Waals surface area (Å²) in [5.74, 6) is 0.869. The maximum atomic E-state index is 12.9. The van der Waals surface area contributed by atoms with Crippen molar-refractivity contribution in [1.29, 1.82) is 0 Å². The van der Waals surface area contributed by atoms with E-state index in [0.29, 0.717) is 30.9 Å². The molecule has 26 heavy (non-hydrogen) atoms. The van der Waals surface area contributed by atoms with Crippen LogP contribution in [0.2, 0.25) is 0 Å². The van der Waals surface area contributed by atoms with Gasteiger partial charge >= 0.3 is 0 Å². The molecule has 8 heteroatoms. The van der Waals surface area contributed by atoms with Gasteiger partial charge in [0.1, 0.15) is 11.6 Å². The van der Waals surface area contributed by atoms with Gasteiger partial charge in [0.15, 0.2) is 10.9 Å². The molecule has 0 aliphatic heterocycles. The number of nitrogens with two attached hydrogens (primary N) is 1. The first-order chi connectivity index (χ1) is 12.5. The first-order valence-electron chi connectivity index (χ1n) is 8.68. The lowest BCUT2D eigenvalue weighted by molar-refractivity contribution is -0.118. The number of hydrogen-bond donors (Lipinski definition) is 1. The van der Waals surface area contributed by atoms with Crippen molar-refractivity contribution in [3.8, 4) is 0 Å². The average molecular weight is 376 g/mol. The minimum absolute atomic E-state index is 0.0106. The van der Waals surface area contributed by atoms with Crippen LogP contribution in [0.5, 0.6) is 0 Å². The van der Waals surface area contributed by atoms with E-state index in [0.717, 1.165) is 29.6 Å². The fourth-order valence-corrected chi connectivity index (χ4v) is 3.65. The second-order valence-electron chi connectivity index (χ2n) is 6.35. The van der Waals surface area contributed by atoms with Crippen LogP contribution in [0.25, 0.3) is 0 Å². The van der Waals surface area contributed by atoms with Crippen molar-refractivity contribution < 1.29 is 14.0 Å². The Morgan fingerprint density at radius 1 is 1.19 bits per heavy atom. The van der Waals surface area contributed by atoms with Gasteiger partial charge in [-0.3, -0.25) is 9.59 Å². The molecule has 0 radical (unpaired) electrons. The fourth-order valence-electron chi connectivity index (χ4n) is 2.69. The molecule has 1 fully saturated rings. The molecule has 1 heterocycles. The van der Waals surface area contributed by atoms with Crippen molar-refractivity contribution in [1.82, 2.24) is 14.8 Å². The van der Waals surface area contributed by atoms with Crippen LogP contribution in [0, 0.1) is 5.82 Å². The smallest absolute Gasteiger partial charge is 0.217 e. The minimum atomic E-state index is -0.344. The predicted octanol–water partition coefficient (Wildman–Crippen LogP) is 2.93. The van der Waals surface area contributed by atoms with Crippen LogP contribution >= 0.6 is 11.8 Å². The van der Waals surface area contributed by atoms with Gasteiger partial charge < -0.3 is 10.3 Å². The van der Waals surface area contributed by atoms with Crippen molar-refractivity contribution in [2.24, 2.45) is 5.73 Å². The molecule has 0 atom stereocenters. The normalized spacial score (nSPS) is 13.7. The standard InChI is InChI=1S/C18H21FN4O2S/c19-13-5-3-12(4-6-13)15(24)2-1-11-26-18-22-21-17(10-9-16(20)25)23(18)14-7-8-14/h3-6,14H,1-2,7-11H2,(H2,20,25). The number of carbonyl (C=O) groups is 2. The third-order valence-electron chi connectivity index (χ3n) is 4.19. The summed E-state index contributed by atoms with van der Waals surface area (Å²) in [5, 5.41) is 9.27. The van der Waals surface area contributed by atoms with E-state index in [9.17, 15) is 14.0 Å². The third kappa shape index (κ3) is 4.91. The van der Waals surface area contributed by atoms with Gasteiger partial charge in [0.25, 0.3) is 0 Å². The number of rotatable bonds is 10. The van der Waals surface area contributed by atoms with Gasteiger partial charge in [0.05, 0.1) is 0 Å². The van der Waals surface area contributed by atoms with Gasteiger partial charge in [-0.15, -0.1) is 10.2 Å². The maximum Gasteiger partial charge on any atom is 0.217 e. The van der Waals surface area contributed by atoms with Crippen LogP contribution in [0.1, 0.15) is 54.3 Å². The number of halogens is 1. The van der Waals surface area contributed by atoms with Gasteiger partial charge in [0.2, 0.25) is 5.91 Å². The topological polar surface area (TPSA) is 90.9 Å². The zero-order chi connectivity index (χ0) is 18.5. The number of aromatic nitrogens is 3.